The van der Waals surface area contributed by atoms with Gasteiger partial charge in [-0.25, -0.2) is 23.4 Å². The Morgan fingerprint density at radius 1 is 0.311 bits per heavy atom. The third-order valence-corrected chi connectivity index (χ3v) is 13.0. The van der Waals surface area contributed by atoms with Crippen molar-refractivity contribution in [2.75, 3.05) is 119 Å². The molecule has 0 saturated carbocycles. The monoisotopic (exact) mass is 1650 g/mol. The molecule has 0 spiro atoms. The molecule has 0 atom stereocenters. The van der Waals surface area contributed by atoms with Gasteiger partial charge in [0, 0.05) is 53.6 Å². The molecule has 25 nitrogen and oxygen atoms in total. The number of esters is 2. The number of aliphatic carboxylic acids is 2. The molecule has 0 amide bonds. The zero-order valence-electron chi connectivity index (χ0n) is 53.1. The molecule has 2 N–H and O–H groups in total. The molecule has 7 aromatic rings. The minimum atomic E-state index is -1.67. The van der Waals surface area contributed by atoms with Crippen LogP contribution >= 0.6 is 114 Å². The van der Waals surface area contributed by atoms with Gasteiger partial charge in [0.2, 0.25) is 19.7 Å². The number of benzene rings is 7. The van der Waals surface area contributed by atoms with Crippen LogP contribution in [0.15, 0.2) is 146 Å². The van der Waals surface area contributed by atoms with Crippen LogP contribution in [0.25, 0.3) is 0 Å². The Bertz CT molecular complexity index is 3410. The summed E-state index contributed by atoms with van der Waals surface area (Å²) in [7, 11) is 7.36. The first kappa shape index (κ1) is 90.2. The second-order valence-electron chi connectivity index (χ2n) is 19.0. The fourth-order valence-corrected chi connectivity index (χ4v) is 8.46. The highest BCUT2D eigenvalue weighted by Gasteiger charge is 2.17. The molecule has 103 heavy (non-hydrogen) atoms. The van der Waals surface area contributed by atoms with Gasteiger partial charge in [-0.2, -0.15) is 0 Å². The van der Waals surface area contributed by atoms with E-state index >= 15 is 0 Å². The predicted octanol–water partition coefficient (Wildman–Crippen LogP) is 15.5. The first-order chi connectivity index (χ1) is 48.9. The van der Waals surface area contributed by atoms with Crippen LogP contribution in [0.5, 0.6) is 69.0 Å². The maximum absolute atomic E-state index is 12.5. The van der Waals surface area contributed by atoms with Crippen LogP contribution < -0.4 is 47.4 Å². The zero-order valence-corrected chi connectivity index (χ0v) is 61.4. The van der Waals surface area contributed by atoms with E-state index in [1.54, 1.807) is 121 Å². The van der Waals surface area contributed by atoms with E-state index < -0.39 is 43.6 Å². The Labute approximate surface area is 643 Å². The number of hydrogen-bond acceptors (Lipinski definition) is 23. The van der Waals surface area contributed by atoms with Crippen LogP contribution in [-0.4, -0.2) is 168 Å². The maximum Gasteiger partial charge on any atom is 0.337 e. The summed E-state index contributed by atoms with van der Waals surface area (Å²) >= 11 is 46.7. The Balaban J connectivity index is 0.000000461. The summed E-state index contributed by atoms with van der Waals surface area (Å²) in [5.41, 5.74) is 0. The van der Waals surface area contributed by atoms with Crippen LogP contribution in [0, 0.1) is 0 Å². The van der Waals surface area contributed by atoms with Gasteiger partial charge in [-0.05, 0) is 157 Å². The van der Waals surface area contributed by atoms with Crippen LogP contribution in [0.4, 0.5) is 0 Å². The second kappa shape index (κ2) is 52.8. The molecule has 7 aromatic carbocycles. The van der Waals surface area contributed by atoms with Crippen molar-refractivity contribution in [1.82, 2.24) is 0 Å². The van der Waals surface area contributed by atoms with Gasteiger partial charge in [0.15, 0.2) is 23.0 Å². The summed E-state index contributed by atoms with van der Waals surface area (Å²) in [6.07, 6.45) is 0. The van der Waals surface area contributed by atoms with Gasteiger partial charge >= 0.3 is 23.9 Å². The fraction of sp³-hybridized carbons (Fsp3) is 0.284. The van der Waals surface area contributed by atoms with Gasteiger partial charge in [0.25, 0.3) is 0 Å². The minimum Gasteiger partial charge on any atom is -0.491 e. The predicted molar refractivity (Wildman–Crippen MR) is 388 cm³/mol. The van der Waals surface area contributed by atoms with Gasteiger partial charge in [0.1, 0.15) is 125 Å². The van der Waals surface area contributed by atoms with E-state index in [1.807, 2.05) is 0 Å². The summed E-state index contributed by atoms with van der Waals surface area (Å²) in [5.74, 6) is 1.48. The molecule has 0 aromatic heterocycles. The SMILES string of the molecule is C.O=C(COCCOc1ccc(OCCOCC(=O)Oc2cc(Cl)ccc2Oc2ccc(Cl)cc2Cl)cc1)Oc1cc(Cl)ccc1Oc1ccc(Cl)cc1Cl.O=C(Cl)COCCOc1ccc(OCCOCC(=O)Cl)cc1.O=C(O)COCCOc1ccc(OCCOCC(=O)O)cc1.O=S(Cl)Cl. The maximum atomic E-state index is 12.5. The van der Waals surface area contributed by atoms with Gasteiger partial charge in [0.05, 0.1) is 49.7 Å². The lowest BCUT2D eigenvalue weighted by Gasteiger charge is -2.13. The molecule has 560 valence electrons. The topological polar surface area (TPSA) is 308 Å². The van der Waals surface area contributed by atoms with Crippen molar-refractivity contribution in [1.29, 1.82) is 0 Å². The average Bonchev–Trinajstić information content (AvgIpc) is 0.841. The number of ether oxygens (including phenoxy) is 16. The number of carbonyl (C=O) groups is 6. The van der Waals surface area contributed by atoms with Gasteiger partial charge < -0.3 is 86.0 Å². The van der Waals surface area contributed by atoms with Gasteiger partial charge in [-0.1, -0.05) is 77.0 Å². The summed E-state index contributed by atoms with van der Waals surface area (Å²) in [6.45, 7) is 0.914. The molecule has 0 aliphatic heterocycles. The van der Waals surface area contributed by atoms with E-state index in [1.165, 1.54) is 24.3 Å². The number of carboxylic acid groups (broad SMARTS) is 2. The molecule has 0 unspecified atom stereocenters. The second-order valence-corrected chi connectivity index (χ2v) is 24.9. The molecule has 0 fully saturated rings. The van der Waals surface area contributed by atoms with E-state index in [4.69, 9.17) is 183 Å². The lowest BCUT2D eigenvalue weighted by atomic mass is 10.3. The van der Waals surface area contributed by atoms with Gasteiger partial charge in [-0.15, -0.1) is 0 Å². The largest absolute Gasteiger partial charge is 0.491 e. The molecule has 0 saturated heterocycles. The third-order valence-electron chi connectivity index (χ3n) is 11.3. The van der Waals surface area contributed by atoms with Crippen molar-refractivity contribution in [3.63, 3.8) is 0 Å². The smallest absolute Gasteiger partial charge is 0.337 e. The number of carboxylic acids is 2. The molecular formula is C67H66Cl10O25S. The van der Waals surface area contributed by atoms with E-state index in [2.05, 4.69) is 21.4 Å². The lowest BCUT2D eigenvalue weighted by molar-refractivity contribution is -0.143. The highest BCUT2D eigenvalue weighted by Crippen LogP contribution is 2.39. The first-order valence-electron chi connectivity index (χ1n) is 29.3. The highest BCUT2D eigenvalue weighted by atomic mass is 36.0. The molecule has 7 rings (SSSR count). The summed E-state index contributed by atoms with van der Waals surface area (Å²) in [6, 6.07) is 39.2. The Hall–Kier alpha value is -7.03. The van der Waals surface area contributed by atoms with Crippen molar-refractivity contribution in [3.05, 3.63) is 176 Å². The van der Waals surface area contributed by atoms with Crippen molar-refractivity contribution in [2.24, 2.45) is 0 Å². The van der Waals surface area contributed by atoms with E-state index in [0.29, 0.717) is 79.3 Å². The van der Waals surface area contributed by atoms with Crippen LogP contribution in [0.1, 0.15) is 7.43 Å². The van der Waals surface area contributed by atoms with Crippen LogP contribution in [0.3, 0.4) is 0 Å². The Kier molecular flexibility index (Phi) is 46.3. The standard InChI is InChI=1S/C38H28Cl6O10.C14H16Cl2O6.C14H18O8.CH4.Cl2OS/c39-23-1-9-31(29(43)17-23)51-33-11-3-25(41)19-35(33)53-37(45)21-47-13-15-49-27-5-7-28(8-6-27)50-16-14-48-22-38(46)54-36-20-26(42)4-12-34(36)52-32-10-2-24(40)18-30(32)44;15-13(17)9-19-5-7-21-11-1-2-12(4-3-11)22-8-6-20-10-14(16)18;15-13(16)9-19-5-7-21-11-1-2-12(4-3-11)22-8-6-20-10-14(17)18;;1-4(2)3/h1-12,17-20H,13-16,21-22H2;1-4H,5-10H2;1-4H,5-10H2,(H,15,16)(H,17,18);1H4;. The summed E-state index contributed by atoms with van der Waals surface area (Å²) < 4.78 is 94.7. The molecule has 0 bridgehead atoms. The van der Waals surface area contributed by atoms with E-state index in [-0.39, 0.29) is 146 Å². The molecular weight excluding hydrogens is 1590 g/mol. The number of halogens is 10. The van der Waals surface area contributed by atoms with Crippen molar-refractivity contribution < 1.29 is 119 Å². The quantitative estimate of drug-likeness (QED) is 0.0155. The number of hydrogen-bond donors (Lipinski definition) is 2. The summed E-state index contributed by atoms with van der Waals surface area (Å²) in [4.78, 5) is 66.2. The van der Waals surface area contributed by atoms with Crippen molar-refractivity contribution >= 4 is 158 Å². The lowest BCUT2D eigenvalue weighted by Crippen LogP contribution is -2.18. The average molecular weight is 1660 g/mol. The molecule has 0 aliphatic carbocycles. The third kappa shape index (κ3) is 42.5. The summed E-state index contributed by atoms with van der Waals surface area (Å²) in [5, 5.41) is 17.8. The first-order valence-corrected chi connectivity index (χ1v) is 35.1. The Morgan fingerprint density at radius 3 is 0.767 bits per heavy atom. The fourth-order valence-electron chi connectivity index (χ4n) is 7.09. The number of rotatable bonds is 42. The Morgan fingerprint density at radius 2 is 0.534 bits per heavy atom. The van der Waals surface area contributed by atoms with Crippen molar-refractivity contribution in [2.45, 2.75) is 7.43 Å². The number of carbonyl (C=O) groups excluding carboxylic acids is 4. The minimum absolute atomic E-state index is 0. The molecule has 0 aliphatic rings. The van der Waals surface area contributed by atoms with Crippen molar-refractivity contribution in [3.8, 4) is 69.0 Å². The van der Waals surface area contributed by atoms with E-state index in [0.717, 1.165) is 0 Å². The van der Waals surface area contributed by atoms with E-state index in [9.17, 15) is 28.8 Å². The highest BCUT2D eigenvalue weighted by molar-refractivity contribution is 8.26. The molecule has 0 heterocycles. The normalized spacial score (nSPS) is 10.4. The van der Waals surface area contributed by atoms with Crippen LogP contribution in [-0.2, 0) is 66.4 Å². The molecule has 0 radical (unpaired) electrons. The molecule has 36 heteroatoms. The van der Waals surface area contributed by atoms with Gasteiger partial charge in [-0.3, -0.25) is 9.59 Å². The zero-order chi connectivity index (χ0) is 74.4. The van der Waals surface area contributed by atoms with Crippen LogP contribution in [0.2, 0.25) is 30.1 Å².